The Morgan fingerprint density at radius 1 is 1.39 bits per heavy atom. The van der Waals surface area contributed by atoms with Crippen LogP contribution in [0, 0.1) is 12.3 Å². The Morgan fingerprint density at radius 2 is 2.00 bits per heavy atom. The first kappa shape index (κ1) is 14.4. The summed E-state index contributed by atoms with van der Waals surface area (Å²) in [6, 6.07) is 6.71. The van der Waals surface area contributed by atoms with Gasteiger partial charge in [0.05, 0.1) is 10.7 Å². The highest BCUT2D eigenvalue weighted by Gasteiger charge is 2.25. The van der Waals surface area contributed by atoms with Crippen LogP contribution in [0.1, 0.15) is 26.7 Å². The normalized spacial score (nSPS) is 10.6. The van der Waals surface area contributed by atoms with Crippen LogP contribution in [-0.2, 0) is 0 Å². The van der Waals surface area contributed by atoms with Gasteiger partial charge in [0.15, 0.2) is 0 Å². The SMILES string of the molecule is C#CC(CC)(CC)NC(=O)Nc1ccccc1Cl. The molecule has 0 atom stereocenters. The van der Waals surface area contributed by atoms with Crippen molar-refractivity contribution in [3.63, 3.8) is 0 Å². The third-order valence-corrected chi connectivity index (χ3v) is 3.29. The molecule has 0 aliphatic heterocycles. The predicted molar refractivity (Wildman–Crippen MR) is 75.8 cm³/mol. The molecule has 0 fully saturated rings. The quantitative estimate of drug-likeness (QED) is 0.801. The molecule has 0 radical (unpaired) electrons. The van der Waals surface area contributed by atoms with Crippen LogP contribution in [0.5, 0.6) is 0 Å². The van der Waals surface area contributed by atoms with Crippen LogP contribution in [0.4, 0.5) is 10.5 Å². The molecular weight excluding hydrogens is 248 g/mol. The number of terminal acetylenes is 1. The fraction of sp³-hybridized carbons (Fsp3) is 0.357. The molecule has 0 heterocycles. The summed E-state index contributed by atoms with van der Waals surface area (Å²) in [5, 5.41) is 5.99. The second-order valence-electron chi connectivity index (χ2n) is 3.99. The maximum Gasteiger partial charge on any atom is 0.320 e. The van der Waals surface area contributed by atoms with Gasteiger partial charge in [0.2, 0.25) is 0 Å². The van der Waals surface area contributed by atoms with E-state index in [9.17, 15) is 4.79 Å². The Morgan fingerprint density at radius 3 is 2.50 bits per heavy atom. The Bertz CT molecular complexity index is 461. The number of amides is 2. The molecule has 0 saturated heterocycles. The van der Waals surface area contributed by atoms with Crippen molar-refractivity contribution < 1.29 is 4.79 Å². The highest BCUT2D eigenvalue weighted by atomic mass is 35.5. The average Bonchev–Trinajstić information content (AvgIpc) is 2.39. The zero-order valence-corrected chi connectivity index (χ0v) is 11.3. The van der Waals surface area contributed by atoms with Crippen molar-refractivity contribution in [2.45, 2.75) is 32.2 Å². The van der Waals surface area contributed by atoms with Gasteiger partial charge in [0.1, 0.15) is 5.54 Å². The van der Waals surface area contributed by atoms with Crippen molar-refractivity contribution in [1.29, 1.82) is 0 Å². The van der Waals surface area contributed by atoms with Crippen LogP contribution in [0.2, 0.25) is 5.02 Å². The lowest BCUT2D eigenvalue weighted by Gasteiger charge is -2.27. The van der Waals surface area contributed by atoms with E-state index in [0.717, 1.165) is 0 Å². The van der Waals surface area contributed by atoms with E-state index >= 15 is 0 Å². The Kier molecular flexibility index (Phi) is 5.06. The first-order chi connectivity index (χ1) is 8.56. The fourth-order valence-electron chi connectivity index (χ4n) is 1.60. The Labute approximate surface area is 113 Å². The lowest BCUT2D eigenvalue weighted by molar-refractivity contribution is 0.242. The molecular formula is C14H17ClN2O. The summed E-state index contributed by atoms with van der Waals surface area (Å²) in [6.07, 6.45) is 6.83. The fourth-order valence-corrected chi connectivity index (χ4v) is 1.78. The summed E-state index contributed by atoms with van der Waals surface area (Å²) >= 11 is 5.96. The number of anilines is 1. The van der Waals surface area contributed by atoms with Gasteiger partial charge in [-0.3, -0.25) is 0 Å². The number of hydrogen-bond acceptors (Lipinski definition) is 1. The third-order valence-electron chi connectivity index (χ3n) is 2.96. The van der Waals surface area contributed by atoms with Gasteiger partial charge in [-0.05, 0) is 25.0 Å². The van der Waals surface area contributed by atoms with E-state index in [1.807, 2.05) is 13.8 Å². The van der Waals surface area contributed by atoms with E-state index in [0.29, 0.717) is 23.6 Å². The molecule has 1 aromatic carbocycles. The molecule has 0 aromatic heterocycles. The van der Waals surface area contributed by atoms with Crippen molar-refractivity contribution in [3.05, 3.63) is 29.3 Å². The number of carbonyl (C=O) groups excluding carboxylic acids is 1. The van der Waals surface area contributed by atoms with Crippen molar-refractivity contribution >= 4 is 23.3 Å². The molecule has 2 amide bonds. The van der Waals surface area contributed by atoms with Crippen LogP contribution in [0.15, 0.2) is 24.3 Å². The number of hydrogen-bond donors (Lipinski definition) is 2. The van der Waals surface area contributed by atoms with Crippen LogP contribution < -0.4 is 10.6 Å². The zero-order valence-electron chi connectivity index (χ0n) is 10.6. The Balaban J connectivity index is 2.74. The number of halogens is 1. The standard InChI is InChI=1S/C14H17ClN2O/c1-4-14(5-2,6-3)17-13(18)16-12-10-8-7-9-11(12)15/h1,7-10H,5-6H2,2-3H3,(H2,16,17,18). The summed E-state index contributed by atoms with van der Waals surface area (Å²) in [4.78, 5) is 11.9. The Hall–Kier alpha value is -1.66. The minimum absolute atomic E-state index is 0.343. The van der Waals surface area contributed by atoms with E-state index in [1.54, 1.807) is 24.3 Å². The summed E-state index contributed by atoms with van der Waals surface area (Å²) in [5.74, 6) is 2.64. The van der Waals surface area contributed by atoms with Crippen molar-refractivity contribution in [3.8, 4) is 12.3 Å². The molecule has 0 spiro atoms. The number of nitrogens with one attached hydrogen (secondary N) is 2. The molecule has 1 aromatic rings. The van der Waals surface area contributed by atoms with Gasteiger partial charge in [0, 0.05) is 0 Å². The van der Waals surface area contributed by atoms with E-state index in [1.165, 1.54) is 0 Å². The van der Waals surface area contributed by atoms with Gasteiger partial charge in [-0.1, -0.05) is 43.5 Å². The lowest BCUT2D eigenvalue weighted by Crippen LogP contribution is -2.48. The van der Waals surface area contributed by atoms with Crippen LogP contribution >= 0.6 is 11.6 Å². The smallest absolute Gasteiger partial charge is 0.320 e. The predicted octanol–water partition coefficient (Wildman–Crippen LogP) is 3.65. The summed E-state index contributed by atoms with van der Waals surface area (Å²) in [5.41, 5.74) is -0.0412. The van der Waals surface area contributed by atoms with Crippen LogP contribution in [0.25, 0.3) is 0 Å². The maximum atomic E-state index is 11.9. The van der Waals surface area contributed by atoms with Gasteiger partial charge in [0.25, 0.3) is 0 Å². The molecule has 96 valence electrons. The van der Waals surface area contributed by atoms with Gasteiger partial charge in [-0.25, -0.2) is 4.79 Å². The van der Waals surface area contributed by atoms with Gasteiger partial charge >= 0.3 is 6.03 Å². The molecule has 0 bridgehead atoms. The molecule has 0 saturated carbocycles. The van der Waals surface area contributed by atoms with E-state index in [4.69, 9.17) is 18.0 Å². The van der Waals surface area contributed by atoms with Gasteiger partial charge in [-0.15, -0.1) is 6.42 Å². The van der Waals surface area contributed by atoms with Crippen molar-refractivity contribution in [2.24, 2.45) is 0 Å². The molecule has 4 heteroatoms. The second-order valence-corrected chi connectivity index (χ2v) is 4.40. The lowest BCUT2D eigenvalue weighted by atomic mass is 9.94. The van der Waals surface area contributed by atoms with Crippen molar-refractivity contribution in [2.75, 3.05) is 5.32 Å². The number of urea groups is 1. The largest absolute Gasteiger partial charge is 0.322 e. The molecule has 0 aliphatic rings. The van der Waals surface area contributed by atoms with Crippen LogP contribution in [-0.4, -0.2) is 11.6 Å². The minimum Gasteiger partial charge on any atom is -0.322 e. The molecule has 2 N–H and O–H groups in total. The minimum atomic E-state index is -0.606. The molecule has 0 aliphatic carbocycles. The van der Waals surface area contributed by atoms with Gasteiger partial charge < -0.3 is 10.6 Å². The topological polar surface area (TPSA) is 41.1 Å². The molecule has 1 rings (SSSR count). The number of para-hydroxylation sites is 1. The van der Waals surface area contributed by atoms with Crippen molar-refractivity contribution in [1.82, 2.24) is 5.32 Å². The monoisotopic (exact) mass is 264 g/mol. The summed E-state index contributed by atoms with van der Waals surface area (Å²) in [6.45, 7) is 3.89. The molecule has 3 nitrogen and oxygen atoms in total. The number of carbonyl (C=O) groups is 1. The zero-order chi connectivity index (χ0) is 13.6. The summed E-state index contributed by atoms with van der Waals surface area (Å²) < 4.78 is 0. The summed E-state index contributed by atoms with van der Waals surface area (Å²) in [7, 11) is 0. The van der Waals surface area contributed by atoms with E-state index < -0.39 is 5.54 Å². The maximum absolute atomic E-state index is 11.9. The number of rotatable bonds is 4. The van der Waals surface area contributed by atoms with E-state index in [2.05, 4.69) is 16.6 Å². The highest BCUT2D eigenvalue weighted by molar-refractivity contribution is 6.33. The number of benzene rings is 1. The first-order valence-electron chi connectivity index (χ1n) is 5.88. The molecule has 0 unspecified atom stereocenters. The second kappa shape index (κ2) is 6.32. The first-order valence-corrected chi connectivity index (χ1v) is 6.26. The highest BCUT2D eigenvalue weighted by Crippen LogP contribution is 2.21. The molecule has 18 heavy (non-hydrogen) atoms. The van der Waals surface area contributed by atoms with Gasteiger partial charge in [-0.2, -0.15) is 0 Å². The third kappa shape index (κ3) is 3.41. The average molecular weight is 265 g/mol. The van der Waals surface area contributed by atoms with Crippen LogP contribution in [0.3, 0.4) is 0 Å². The van der Waals surface area contributed by atoms with E-state index in [-0.39, 0.29) is 6.03 Å².